The minimum Gasteiger partial charge on any atom is -0.330 e. The van der Waals surface area contributed by atoms with E-state index in [1.54, 1.807) is 0 Å². The number of fused-ring (bicyclic) bond motifs is 5. The Kier molecular flexibility index (Phi) is 8.66. The van der Waals surface area contributed by atoms with Gasteiger partial charge in [0.15, 0.2) is 0 Å². The van der Waals surface area contributed by atoms with Crippen molar-refractivity contribution in [1.29, 1.82) is 0 Å². The maximum Gasteiger partial charge on any atom is 0.0229 e. The fourth-order valence-electron chi connectivity index (χ4n) is 8.23. The van der Waals surface area contributed by atoms with Crippen molar-refractivity contribution in [3.8, 4) is 25.7 Å². The van der Waals surface area contributed by atoms with Gasteiger partial charge in [-0.2, -0.15) is 0 Å². The van der Waals surface area contributed by atoms with Crippen LogP contribution in [0.1, 0.15) is 84.0 Å². The highest BCUT2D eigenvalue weighted by Crippen LogP contribution is 2.64. The van der Waals surface area contributed by atoms with Crippen LogP contribution in [0.4, 0.5) is 0 Å². The van der Waals surface area contributed by atoms with Gasteiger partial charge < -0.3 is 17.2 Å². The number of terminal acetylenes is 2. The normalized spacial score (nSPS) is 43.8. The van der Waals surface area contributed by atoms with Gasteiger partial charge in [0.05, 0.1) is 0 Å². The molecule has 0 saturated heterocycles. The Balaban J connectivity index is 0.000000707. The lowest BCUT2D eigenvalue weighted by molar-refractivity contribution is -0.0937. The molecule has 8 unspecified atom stereocenters. The highest BCUT2D eigenvalue weighted by molar-refractivity contribution is 5.14. The van der Waals surface area contributed by atoms with Gasteiger partial charge in [0, 0.05) is 11.6 Å². The first-order chi connectivity index (χ1) is 14.0. The van der Waals surface area contributed by atoms with E-state index in [1.807, 2.05) is 0 Å². The molecular weight excluding hydrogens is 354 g/mol. The number of hydrogen-bond donors (Lipinski definition) is 3. The standard InChI is InChI=1S/C22H41N3.2C2H2/c1-21-12-3-2-5-15(21)7-8-16-17(21)11-13-22(25)18(16)9-10-19(22)20(24)6-4-14-23;2*1-2/h15-20H,2-14,23-25H2,1H3;2*1-2H. The molecule has 0 heterocycles. The summed E-state index contributed by atoms with van der Waals surface area (Å²) < 4.78 is 0. The third kappa shape index (κ3) is 4.25. The van der Waals surface area contributed by atoms with Crippen molar-refractivity contribution in [2.75, 3.05) is 6.54 Å². The zero-order valence-electron chi connectivity index (χ0n) is 18.7. The highest BCUT2D eigenvalue weighted by Gasteiger charge is 2.60. The molecule has 4 saturated carbocycles. The molecular formula is C26H45N3. The van der Waals surface area contributed by atoms with E-state index >= 15 is 0 Å². The Morgan fingerprint density at radius 2 is 1.62 bits per heavy atom. The second kappa shape index (κ2) is 10.3. The van der Waals surface area contributed by atoms with Crippen LogP contribution in [0.5, 0.6) is 0 Å². The summed E-state index contributed by atoms with van der Waals surface area (Å²) in [6.45, 7) is 3.41. The fourth-order valence-corrected chi connectivity index (χ4v) is 8.23. The summed E-state index contributed by atoms with van der Waals surface area (Å²) in [5, 5.41) is 0. The first-order valence-electron chi connectivity index (χ1n) is 11.9. The summed E-state index contributed by atoms with van der Waals surface area (Å²) in [7, 11) is 0. The molecule has 4 aliphatic carbocycles. The van der Waals surface area contributed by atoms with Gasteiger partial charge in [0.1, 0.15) is 0 Å². The average Bonchev–Trinajstić information content (AvgIpc) is 3.12. The Bertz CT molecular complexity index is 549. The predicted octanol–water partition coefficient (Wildman–Crippen LogP) is 4.29. The van der Waals surface area contributed by atoms with E-state index < -0.39 is 0 Å². The van der Waals surface area contributed by atoms with Crippen LogP contribution >= 0.6 is 0 Å². The van der Waals surface area contributed by atoms with Crippen molar-refractivity contribution in [2.24, 2.45) is 52.2 Å². The van der Waals surface area contributed by atoms with Crippen LogP contribution in [0.25, 0.3) is 0 Å². The SMILES string of the molecule is C#C.C#C.CC12CCCCC1CCC1C2CCC2(N)C(C(N)CCCN)CCC12. The lowest BCUT2D eigenvalue weighted by Crippen LogP contribution is -2.62. The summed E-state index contributed by atoms with van der Waals surface area (Å²) in [5.41, 5.74) is 20.2. The van der Waals surface area contributed by atoms with Crippen molar-refractivity contribution < 1.29 is 0 Å². The molecule has 0 aromatic carbocycles. The zero-order chi connectivity index (χ0) is 21.7. The van der Waals surface area contributed by atoms with Crippen LogP contribution in [-0.4, -0.2) is 18.1 Å². The van der Waals surface area contributed by atoms with Crippen LogP contribution in [0.2, 0.25) is 0 Å². The molecule has 6 N–H and O–H groups in total. The molecule has 3 heteroatoms. The van der Waals surface area contributed by atoms with E-state index in [1.165, 1.54) is 64.2 Å². The molecule has 8 atom stereocenters. The lowest BCUT2D eigenvalue weighted by atomic mass is 9.46. The molecule has 0 aromatic heterocycles. The molecule has 0 aliphatic heterocycles. The zero-order valence-corrected chi connectivity index (χ0v) is 18.7. The van der Waals surface area contributed by atoms with Crippen LogP contribution in [0.15, 0.2) is 0 Å². The second-order valence-corrected chi connectivity index (χ2v) is 10.3. The van der Waals surface area contributed by atoms with Crippen molar-refractivity contribution in [3.05, 3.63) is 0 Å². The molecule has 0 radical (unpaired) electrons. The predicted molar refractivity (Wildman–Crippen MR) is 125 cm³/mol. The van der Waals surface area contributed by atoms with Gasteiger partial charge in [-0.1, -0.05) is 19.8 Å². The first-order valence-corrected chi connectivity index (χ1v) is 11.9. The van der Waals surface area contributed by atoms with Gasteiger partial charge in [-0.25, -0.2) is 0 Å². The smallest absolute Gasteiger partial charge is 0.0229 e. The van der Waals surface area contributed by atoms with Gasteiger partial charge in [0.25, 0.3) is 0 Å². The minimum absolute atomic E-state index is 0.0209. The molecule has 0 spiro atoms. The Morgan fingerprint density at radius 3 is 2.31 bits per heavy atom. The average molecular weight is 400 g/mol. The Hall–Kier alpha value is -1.00. The van der Waals surface area contributed by atoms with Gasteiger partial charge in [-0.15, -0.1) is 25.7 Å². The summed E-state index contributed by atoms with van der Waals surface area (Å²) in [6.07, 6.45) is 32.1. The van der Waals surface area contributed by atoms with Crippen LogP contribution in [0.3, 0.4) is 0 Å². The maximum absolute atomic E-state index is 7.19. The molecule has 4 fully saturated rings. The lowest BCUT2D eigenvalue weighted by Gasteiger charge is -2.60. The van der Waals surface area contributed by atoms with Crippen LogP contribution in [-0.2, 0) is 0 Å². The molecule has 4 rings (SSSR count). The van der Waals surface area contributed by atoms with E-state index in [0.29, 0.717) is 11.3 Å². The highest BCUT2D eigenvalue weighted by atomic mass is 14.9. The molecule has 0 amide bonds. The van der Waals surface area contributed by atoms with E-state index in [-0.39, 0.29) is 11.6 Å². The van der Waals surface area contributed by atoms with E-state index in [9.17, 15) is 0 Å². The third-order valence-corrected chi connectivity index (χ3v) is 9.50. The number of rotatable bonds is 4. The van der Waals surface area contributed by atoms with Crippen LogP contribution < -0.4 is 17.2 Å². The Morgan fingerprint density at radius 1 is 0.897 bits per heavy atom. The molecule has 29 heavy (non-hydrogen) atoms. The monoisotopic (exact) mass is 399 g/mol. The summed E-state index contributed by atoms with van der Waals surface area (Å²) >= 11 is 0. The van der Waals surface area contributed by atoms with E-state index in [0.717, 1.165) is 43.1 Å². The van der Waals surface area contributed by atoms with Gasteiger partial charge in [-0.3, -0.25) is 0 Å². The van der Waals surface area contributed by atoms with Gasteiger partial charge >= 0.3 is 0 Å². The Labute approximate surface area is 180 Å². The minimum atomic E-state index is 0.0209. The molecule has 3 nitrogen and oxygen atoms in total. The van der Waals surface area contributed by atoms with Crippen LogP contribution in [0, 0.1) is 60.7 Å². The first kappa shape index (κ1) is 24.3. The van der Waals surface area contributed by atoms with E-state index in [4.69, 9.17) is 17.2 Å². The summed E-state index contributed by atoms with van der Waals surface area (Å²) in [6, 6.07) is 0.261. The molecule has 0 aromatic rings. The largest absolute Gasteiger partial charge is 0.330 e. The topological polar surface area (TPSA) is 78.1 Å². The molecule has 0 bridgehead atoms. The maximum atomic E-state index is 7.19. The molecule has 4 aliphatic rings. The van der Waals surface area contributed by atoms with Crippen molar-refractivity contribution in [3.63, 3.8) is 0 Å². The van der Waals surface area contributed by atoms with Gasteiger partial charge in [-0.05, 0) is 106 Å². The quantitative estimate of drug-likeness (QED) is 0.617. The summed E-state index contributed by atoms with van der Waals surface area (Å²) in [4.78, 5) is 0. The van der Waals surface area contributed by atoms with Crippen molar-refractivity contribution in [1.82, 2.24) is 0 Å². The summed E-state index contributed by atoms with van der Waals surface area (Å²) in [5.74, 6) is 4.08. The van der Waals surface area contributed by atoms with Crippen molar-refractivity contribution >= 4 is 0 Å². The van der Waals surface area contributed by atoms with Gasteiger partial charge in [0.2, 0.25) is 0 Å². The fraction of sp³-hybridized carbons (Fsp3) is 0.846. The second-order valence-electron chi connectivity index (χ2n) is 10.3. The third-order valence-electron chi connectivity index (χ3n) is 9.50. The number of nitrogens with two attached hydrogens (primary N) is 3. The van der Waals surface area contributed by atoms with Crippen molar-refractivity contribution in [2.45, 2.75) is 95.6 Å². The van der Waals surface area contributed by atoms with E-state index in [2.05, 4.69) is 32.6 Å². The molecule has 164 valence electrons. The number of hydrogen-bond acceptors (Lipinski definition) is 3.